The lowest BCUT2D eigenvalue weighted by Gasteiger charge is -2.21. The average molecular weight is 413 g/mol. The number of nitrogens with zero attached hydrogens (tertiary/aromatic N) is 1. The van der Waals surface area contributed by atoms with Gasteiger partial charge in [0.05, 0.1) is 18.2 Å². The van der Waals surface area contributed by atoms with Gasteiger partial charge in [-0.1, -0.05) is 6.07 Å². The second-order valence-electron chi connectivity index (χ2n) is 7.73. The Labute approximate surface area is 176 Å². The highest BCUT2D eigenvalue weighted by Gasteiger charge is 2.22. The number of hydrogen-bond donors (Lipinski definition) is 0. The van der Waals surface area contributed by atoms with Gasteiger partial charge < -0.3 is 19.1 Å². The molecule has 0 aliphatic carbocycles. The molecule has 160 valence electrons. The summed E-state index contributed by atoms with van der Waals surface area (Å²) < 4.78 is 16.0. The number of methoxy groups -OCH3 is 1. The Balaban J connectivity index is 2.24. The van der Waals surface area contributed by atoms with E-state index in [4.69, 9.17) is 14.2 Å². The van der Waals surface area contributed by atoms with Gasteiger partial charge in [-0.15, -0.1) is 0 Å². The highest BCUT2D eigenvalue weighted by molar-refractivity contribution is 5.96. The van der Waals surface area contributed by atoms with Gasteiger partial charge in [0.15, 0.2) is 0 Å². The monoisotopic (exact) mass is 413 g/mol. The number of carbonyl (C=O) groups excluding carboxylic acids is 3. The molecule has 0 aromatic heterocycles. The van der Waals surface area contributed by atoms with Crippen LogP contribution in [0.15, 0.2) is 42.5 Å². The number of ether oxygens (including phenoxy) is 3. The summed E-state index contributed by atoms with van der Waals surface area (Å²) in [6.07, 6.45) is 0. The van der Waals surface area contributed by atoms with Crippen molar-refractivity contribution in [1.29, 1.82) is 0 Å². The smallest absolute Gasteiger partial charge is 0.339 e. The third-order valence-corrected chi connectivity index (χ3v) is 4.24. The normalized spacial score (nSPS) is 10.9. The zero-order chi connectivity index (χ0) is 22.5. The largest absolute Gasteiger partial charge is 0.489 e. The standard InChI is InChI=1S/C23H27NO6/c1-15(25)24(5)18-9-11-19(12-10-18)29-14-17-8-7-16(21(26)28-6)13-20(17)22(27)30-23(2,3)4/h7-13H,14H2,1-6H3. The zero-order valence-electron chi connectivity index (χ0n) is 18.1. The Hall–Kier alpha value is -3.35. The van der Waals surface area contributed by atoms with E-state index in [0.717, 1.165) is 5.69 Å². The number of rotatable bonds is 6. The van der Waals surface area contributed by atoms with Crippen molar-refractivity contribution >= 4 is 23.5 Å². The van der Waals surface area contributed by atoms with Crippen LogP contribution in [-0.2, 0) is 20.9 Å². The van der Waals surface area contributed by atoms with E-state index < -0.39 is 17.5 Å². The maximum atomic E-state index is 12.7. The number of amides is 1. The van der Waals surface area contributed by atoms with Crippen molar-refractivity contribution < 1.29 is 28.6 Å². The molecule has 0 heterocycles. The molecule has 30 heavy (non-hydrogen) atoms. The summed E-state index contributed by atoms with van der Waals surface area (Å²) in [5.41, 5.74) is 1.11. The minimum Gasteiger partial charge on any atom is -0.489 e. The Morgan fingerprint density at radius 2 is 1.60 bits per heavy atom. The molecule has 0 fully saturated rings. The van der Waals surface area contributed by atoms with E-state index in [1.165, 1.54) is 25.0 Å². The summed E-state index contributed by atoms with van der Waals surface area (Å²) in [4.78, 5) is 37.5. The molecule has 7 nitrogen and oxygen atoms in total. The van der Waals surface area contributed by atoms with Gasteiger partial charge in [0.1, 0.15) is 18.0 Å². The van der Waals surface area contributed by atoms with E-state index in [9.17, 15) is 14.4 Å². The lowest BCUT2D eigenvalue weighted by atomic mass is 10.0. The molecule has 1 amide bonds. The van der Waals surface area contributed by atoms with E-state index in [2.05, 4.69) is 0 Å². The number of hydrogen-bond acceptors (Lipinski definition) is 6. The molecular formula is C23H27NO6. The molecule has 0 aliphatic rings. The first-order chi connectivity index (χ1) is 14.0. The van der Waals surface area contributed by atoms with Crippen LogP contribution in [0.1, 0.15) is 54.0 Å². The molecule has 0 bridgehead atoms. The van der Waals surface area contributed by atoms with Gasteiger partial charge in [0.25, 0.3) is 0 Å². The maximum Gasteiger partial charge on any atom is 0.339 e. The lowest BCUT2D eigenvalue weighted by Crippen LogP contribution is -2.25. The summed E-state index contributed by atoms with van der Waals surface area (Å²) in [5.74, 6) is -0.595. The van der Waals surface area contributed by atoms with E-state index in [1.807, 2.05) is 0 Å². The molecule has 0 aliphatic heterocycles. The van der Waals surface area contributed by atoms with Crippen LogP contribution in [0.3, 0.4) is 0 Å². The molecule has 0 N–H and O–H groups in total. The van der Waals surface area contributed by atoms with Crippen molar-refractivity contribution in [1.82, 2.24) is 0 Å². The van der Waals surface area contributed by atoms with Crippen molar-refractivity contribution in [2.45, 2.75) is 39.9 Å². The Kier molecular flexibility index (Phi) is 7.21. The molecule has 0 spiro atoms. The lowest BCUT2D eigenvalue weighted by molar-refractivity contribution is -0.116. The van der Waals surface area contributed by atoms with Crippen LogP contribution in [0.2, 0.25) is 0 Å². The van der Waals surface area contributed by atoms with Gasteiger partial charge in [-0.2, -0.15) is 0 Å². The van der Waals surface area contributed by atoms with Crippen LogP contribution in [0.25, 0.3) is 0 Å². The molecule has 0 saturated heterocycles. The fourth-order valence-electron chi connectivity index (χ4n) is 2.58. The van der Waals surface area contributed by atoms with Gasteiger partial charge in [0, 0.05) is 25.2 Å². The molecule has 2 aromatic rings. The first-order valence-corrected chi connectivity index (χ1v) is 9.43. The fraction of sp³-hybridized carbons (Fsp3) is 0.348. The highest BCUT2D eigenvalue weighted by atomic mass is 16.6. The zero-order valence-corrected chi connectivity index (χ0v) is 18.1. The first kappa shape index (κ1) is 22.9. The number of esters is 2. The van der Waals surface area contributed by atoms with Crippen LogP contribution in [0.4, 0.5) is 5.69 Å². The highest BCUT2D eigenvalue weighted by Crippen LogP contribution is 2.22. The van der Waals surface area contributed by atoms with Gasteiger partial charge in [-0.3, -0.25) is 4.79 Å². The maximum absolute atomic E-state index is 12.7. The summed E-state index contributed by atoms with van der Waals surface area (Å²) in [7, 11) is 2.97. The van der Waals surface area contributed by atoms with Crippen LogP contribution < -0.4 is 9.64 Å². The van der Waals surface area contributed by atoms with Crippen LogP contribution in [0.5, 0.6) is 5.75 Å². The third kappa shape index (κ3) is 6.07. The molecule has 0 radical (unpaired) electrons. The minimum absolute atomic E-state index is 0.0728. The van der Waals surface area contributed by atoms with E-state index in [-0.39, 0.29) is 23.6 Å². The van der Waals surface area contributed by atoms with E-state index >= 15 is 0 Å². The van der Waals surface area contributed by atoms with Crippen molar-refractivity contribution in [3.63, 3.8) is 0 Å². The van der Waals surface area contributed by atoms with Crippen molar-refractivity contribution in [3.05, 3.63) is 59.2 Å². The van der Waals surface area contributed by atoms with Crippen molar-refractivity contribution in [2.75, 3.05) is 19.1 Å². The molecular weight excluding hydrogens is 386 g/mol. The van der Waals surface area contributed by atoms with Gasteiger partial charge in [-0.05, 0) is 57.2 Å². The third-order valence-electron chi connectivity index (χ3n) is 4.24. The Morgan fingerprint density at radius 1 is 0.967 bits per heavy atom. The number of benzene rings is 2. The average Bonchev–Trinajstić information content (AvgIpc) is 2.70. The second kappa shape index (κ2) is 9.43. The number of carbonyl (C=O) groups is 3. The SMILES string of the molecule is COC(=O)c1ccc(COc2ccc(N(C)C(C)=O)cc2)c(C(=O)OC(C)(C)C)c1. The van der Waals surface area contributed by atoms with E-state index in [1.54, 1.807) is 64.2 Å². The summed E-state index contributed by atoms with van der Waals surface area (Å²) >= 11 is 0. The van der Waals surface area contributed by atoms with Crippen molar-refractivity contribution in [3.8, 4) is 5.75 Å². The number of anilines is 1. The summed E-state index contributed by atoms with van der Waals surface area (Å²) in [5, 5.41) is 0. The van der Waals surface area contributed by atoms with Crippen LogP contribution in [0, 0.1) is 0 Å². The summed E-state index contributed by atoms with van der Waals surface area (Å²) in [6, 6.07) is 11.7. The molecule has 0 atom stereocenters. The predicted molar refractivity (Wildman–Crippen MR) is 113 cm³/mol. The van der Waals surface area contributed by atoms with Crippen LogP contribution >= 0.6 is 0 Å². The Morgan fingerprint density at radius 3 is 2.13 bits per heavy atom. The topological polar surface area (TPSA) is 82.1 Å². The first-order valence-electron chi connectivity index (χ1n) is 9.43. The van der Waals surface area contributed by atoms with Gasteiger partial charge in [0.2, 0.25) is 5.91 Å². The van der Waals surface area contributed by atoms with E-state index in [0.29, 0.717) is 11.3 Å². The second-order valence-corrected chi connectivity index (χ2v) is 7.73. The molecule has 0 unspecified atom stereocenters. The van der Waals surface area contributed by atoms with Gasteiger partial charge >= 0.3 is 11.9 Å². The summed E-state index contributed by atoms with van der Waals surface area (Å²) in [6.45, 7) is 6.89. The molecule has 2 rings (SSSR count). The molecule has 7 heteroatoms. The van der Waals surface area contributed by atoms with Gasteiger partial charge in [-0.25, -0.2) is 9.59 Å². The molecule has 0 saturated carbocycles. The fourth-order valence-corrected chi connectivity index (χ4v) is 2.58. The quantitative estimate of drug-likeness (QED) is 0.666. The predicted octanol–water partition coefficient (Wildman–Crippen LogP) is 3.99. The van der Waals surface area contributed by atoms with Crippen LogP contribution in [-0.4, -0.2) is 37.6 Å². The Bertz CT molecular complexity index is 928. The molecule has 2 aromatic carbocycles. The minimum atomic E-state index is -0.685. The van der Waals surface area contributed by atoms with Crippen molar-refractivity contribution in [2.24, 2.45) is 0 Å².